The van der Waals surface area contributed by atoms with Crippen LogP contribution < -0.4 is 10.6 Å². The second kappa shape index (κ2) is 7.16. The summed E-state index contributed by atoms with van der Waals surface area (Å²) in [5.41, 5.74) is 2.20. The zero-order valence-electron chi connectivity index (χ0n) is 15.1. The fourth-order valence-corrected chi connectivity index (χ4v) is 4.00. The molecule has 0 saturated heterocycles. The molecule has 1 aliphatic heterocycles. The van der Waals surface area contributed by atoms with Crippen LogP contribution in [0.3, 0.4) is 0 Å². The van der Waals surface area contributed by atoms with Gasteiger partial charge >= 0.3 is 0 Å². The Morgan fingerprint density at radius 1 is 1.24 bits per heavy atom. The molecular weight excluding hydrogens is 316 g/mol. The van der Waals surface area contributed by atoms with Crippen molar-refractivity contribution in [2.45, 2.75) is 51.4 Å². The number of amides is 2. The van der Waals surface area contributed by atoms with Crippen LogP contribution in [-0.2, 0) is 10.2 Å². The van der Waals surface area contributed by atoms with Crippen molar-refractivity contribution in [1.29, 1.82) is 0 Å². The number of carbonyl (C=O) groups is 2. The molecular formula is C20H28N2O3. The summed E-state index contributed by atoms with van der Waals surface area (Å²) >= 11 is 0. The van der Waals surface area contributed by atoms with E-state index in [0.29, 0.717) is 30.4 Å². The van der Waals surface area contributed by atoms with Crippen LogP contribution in [0.5, 0.6) is 0 Å². The number of carbonyl (C=O) groups excluding carboxylic acids is 2. The van der Waals surface area contributed by atoms with E-state index >= 15 is 0 Å². The summed E-state index contributed by atoms with van der Waals surface area (Å²) in [6, 6.07) is 5.51. The Hall–Kier alpha value is -1.88. The lowest BCUT2D eigenvalue weighted by atomic mass is 9.77. The van der Waals surface area contributed by atoms with Gasteiger partial charge in [-0.2, -0.15) is 0 Å². The van der Waals surface area contributed by atoms with Crippen LogP contribution in [0.15, 0.2) is 18.2 Å². The molecule has 5 heteroatoms. The van der Waals surface area contributed by atoms with Crippen molar-refractivity contribution in [2.24, 2.45) is 11.8 Å². The molecule has 1 aromatic rings. The van der Waals surface area contributed by atoms with Crippen LogP contribution in [0.4, 0.5) is 5.69 Å². The standard InChI is InChI=1S/C20H28N2O3/c1-20(2)10-18(24)22-17-8-7-15(9-16(17)20)19(25)21-11-13-3-5-14(12-23)6-4-13/h7-9,13-14,23H,3-6,10-12H2,1-2H3,(H,21,25)(H,22,24). The SMILES string of the molecule is CC1(C)CC(=O)Nc2ccc(C(=O)NCC3CCC(CO)CC3)cc21. The van der Waals surface area contributed by atoms with Crippen LogP contribution in [0.25, 0.3) is 0 Å². The van der Waals surface area contributed by atoms with Gasteiger partial charge in [0.25, 0.3) is 5.91 Å². The maximum atomic E-state index is 12.5. The summed E-state index contributed by atoms with van der Waals surface area (Å²) in [5.74, 6) is 0.901. The lowest BCUT2D eigenvalue weighted by molar-refractivity contribution is -0.117. The first-order chi connectivity index (χ1) is 11.9. The quantitative estimate of drug-likeness (QED) is 0.786. The molecule has 5 nitrogen and oxygen atoms in total. The zero-order valence-corrected chi connectivity index (χ0v) is 15.1. The highest BCUT2D eigenvalue weighted by atomic mass is 16.3. The molecule has 3 rings (SSSR count). The second-order valence-electron chi connectivity index (χ2n) is 8.15. The van der Waals surface area contributed by atoms with Crippen LogP contribution >= 0.6 is 0 Å². The van der Waals surface area contributed by atoms with Crippen LogP contribution in [0, 0.1) is 11.8 Å². The van der Waals surface area contributed by atoms with E-state index in [0.717, 1.165) is 36.9 Å². The summed E-state index contributed by atoms with van der Waals surface area (Å²) in [4.78, 5) is 24.3. The van der Waals surface area contributed by atoms with Gasteiger partial charge in [0.1, 0.15) is 0 Å². The summed E-state index contributed by atoms with van der Waals surface area (Å²) in [6.45, 7) is 5.03. The van der Waals surface area contributed by atoms with E-state index in [-0.39, 0.29) is 23.8 Å². The van der Waals surface area contributed by atoms with Crippen molar-refractivity contribution in [2.75, 3.05) is 18.5 Å². The Morgan fingerprint density at radius 2 is 1.92 bits per heavy atom. The van der Waals surface area contributed by atoms with Crippen LogP contribution in [-0.4, -0.2) is 30.1 Å². The number of nitrogens with one attached hydrogen (secondary N) is 2. The Kier molecular flexibility index (Phi) is 5.13. The third-order valence-electron chi connectivity index (χ3n) is 5.66. The third-order valence-corrected chi connectivity index (χ3v) is 5.66. The Balaban J connectivity index is 1.63. The van der Waals surface area contributed by atoms with Crippen molar-refractivity contribution in [1.82, 2.24) is 5.32 Å². The van der Waals surface area contributed by atoms with Crippen molar-refractivity contribution < 1.29 is 14.7 Å². The highest BCUT2D eigenvalue weighted by Crippen LogP contribution is 2.37. The summed E-state index contributed by atoms with van der Waals surface area (Å²) < 4.78 is 0. The fraction of sp³-hybridized carbons (Fsp3) is 0.600. The number of anilines is 1. The smallest absolute Gasteiger partial charge is 0.251 e. The van der Waals surface area contributed by atoms with E-state index in [1.54, 1.807) is 6.07 Å². The predicted octanol–water partition coefficient (Wildman–Crippen LogP) is 2.83. The molecule has 0 aromatic heterocycles. The lowest BCUT2D eigenvalue weighted by Crippen LogP contribution is -2.34. The molecule has 2 aliphatic rings. The monoisotopic (exact) mass is 344 g/mol. The molecule has 0 spiro atoms. The maximum Gasteiger partial charge on any atom is 0.251 e. The molecule has 0 radical (unpaired) electrons. The van der Waals surface area contributed by atoms with E-state index in [4.69, 9.17) is 0 Å². The number of benzene rings is 1. The van der Waals surface area contributed by atoms with E-state index in [1.165, 1.54) is 0 Å². The van der Waals surface area contributed by atoms with Gasteiger partial charge in [-0.25, -0.2) is 0 Å². The predicted molar refractivity (Wildman–Crippen MR) is 97.6 cm³/mol. The Bertz CT molecular complexity index is 661. The zero-order chi connectivity index (χ0) is 18.0. The van der Waals surface area contributed by atoms with Gasteiger partial charge < -0.3 is 15.7 Å². The molecule has 2 amide bonds. The van der Waals surface area contributed by atoms with Gasteiger partial charge in [0.05, 0.1) is 0 Å². The summed E-state index contributed by atoms with van der Waals surface area (Å²) in [7, 11) is 0. The van der Waals surface area contributed by atoms with Gasteiger partial charge in [0.15, 0.2) is 0 Å². The van der Waals surface area contributed by atoms with E-state index in [1.807, 2.05) is 26.0 Å². The minimum atomic E-state index is -0.267. The Labute approximate surface area is 149 Å². The molecule has 1 aromatic carbocycles. The molecule has 1 aliphatic carbocycles. The average Bonchev–Trinajstić information content (AvgIpc) is 2.59. The van der Waals surface area contributed by atoms with Gasteiger partial charge in [0, 0.05) is 36.2 Å². The average molecular weight is 344 g/mol. The van der Waals surface area contributed by atoms with E-state index in [9.17, 15) is 14.7 Å². The van der Waals surface area contributed by atoms with Crippen molar-refractivity contribution in [3.8, 4) is 0 Å². The topological polar surface area (TPSA) is 78.4 Å². The van der Waals surface area contributed by atoms with Gasteiger partial charge in [-0.05, 0) is 61.3 Å². The van der Waals surface area contributed by atoms with Crippen molar-refractivity contribution in [3.63, 3.8) is 0 Å². The number of hydrogen-bond acceptors (Lipinski definition) is 3. The molecule has 1 saturated carbocycles. The largest absolute Gasteiger partial charge is 0.396 e. The van der Waals surface area contributed by atoms with Gasteiger partial charge in [-0.15, -0.1) is 0 Å². The number of hydrogen-bond donors (Lipinski definition) is 3. The normalized spacial score (nSPS) is 25.0. The molecule has 3 N–H and O–H groups in total. The molecule has 136 valence electrons. The van der Waals surface area contributed by atoms with Gasteiger partial charge in [-0.1, -0.05) is 13.8 Å². The molecule has 1 heterocycles. The van der Waals surface area contributed by atoms with Crippen LogP contribution in [0.2, 0.25) is 0 Å². The summed E-state index contributed by atoms with van der Waals surface area (Å²) in [6.07, 6.45) is 4.65. The number of aliphatic hydroxyl groups is 1. The van der Waals surface area contributed by atoms with Crippen LogP contribution in [0.1, 0.15) is 61.9 Å². The number of fused-ring (bicyclic) bond motifs is 1. The molecule has 0 bridgehead atoms. The lowest BCUT2D eigenvalue weighted by Gasteiger charge is -2.32. The summed E-state index contributed by atoms with van der Waals surface area (Å²) in [5, 5.41) is 15.1. The second-order valence-corrected chi connectivity index (χ2v) is 8.15. The van der Waals surface area contributed by atoms with E-state index < -0.39 is 0 Å². The maximum absolute atomic E-state index is 12.5. The molecule has 0 unspecified atom stereocenters. The number of aliphatic hydroxyl groups excluding tert-OH is 1. The third kappa shape index (κ3) is 4.03. The first kappa shape index (κ1) is 17.9. The fourth-order valence-electron chi connectivity index (χ4n) is 4.00. The highest BCUT2D eigenvalue weighted by molar-refractivity contribution is 5.98. The van der Waals surface area contributed by atoms with E-state index in [2.05, 4.69) is 10.6 Å². The minimum absolute atomic E-state index is 0.0215. The minimum Gasteiger partial charge on any atom is -0.396 e. The van der Waals surface area contributed by atoms with Gasteiger partial charge in [0.2, 0.25) is 5.91 Å². The number of rotatable bonds is 4. The Morgan fingerprint density at radius 3 is 2.60 bits per heavy atom. The molecule has 0 atom stereocenters. The molecule has 25 heavy (non-hydrogen) atoms. The molecule has 1 fully saturated rings. The first-order valence-electron chi connectivity index (χ1n) is 9.22. The van der Waals surface area contributed by atoms with Crippen molar-refractivity contribution >= 4 is 17.5 Å². The first-order valence-corrected chi connectivity index (χ1v) is 9.22. The van der Waals surface area contributed by atoms with Gasteiger partial charge in [-0.3, -0.25) is 9.59 Å². The highest BCUT2D eigenvalue weighted by Gasteiger charge is 2.32. The van der Waals surface area contributed by atoms with Crippen molar-refractivity contribution in [3.05, 3.63) is 29.3 Å².